The minimum Gasteiger partial charge on any atom is -0.395 e. The van der Waals surface area contributed by atoms with E-state index in [2.05, 4.69) is 16.0 Å². The summed E-state index contributed by atoms with van der Waals surface area (Å²) in [4.78, 5) is 11.4. The van der Waals surface area contributed by atoms with Gasteiger partial charge in [-0.1, -0.05) is 0 Å². The molecule has 0 aromatic carbocycles. The fourth-order valence-electron chi connectivity index (χ4n) is 1.36. The highest BCUT2D eigenvalue weighted by atomic mass is 32.1. The molecule has 8 heteroatoms. The van der Waals surface area contributed by atoms with Crippen LogP contribution in [0.5, 0.6) is 0 Å². The minimum atomic E-state index is -0.536. The number of nitrogens with two attached hydrogens (primary N) is 1. The fraction of sp³-hybridized carbons (Fsp3) is 0.818. The van der Waals surface area contributed by atoms with E-state index in [0.717, 1.165) is 12.8 Å². The quantitative estimate of drug-likeness (QED) is 0.204. The van der Waals surface area contributed by atoms with Crippen LogP contribution in [0.4, 0.5) is 0 Å². The van der Waals surface area contributed by atoms with Gasteiger partial charge < -0.3 is 31.9 Å². The van der Waals surface area contributed by atoms with Gasteiger partial charge in [-0.05, 0) is 31.5 Å². The van der Waals surface area contributed by atoms with Gasteiger partial charge in [0.2, 0.25) is 5.91 Å². The zero-order valence-electron chi connectivity index (χ0n) is 11.0. The van der Waals surface area contributed by atoms with E-state index in [1.807, 2.05) is 0 Å². The molecule has 0 aromatic heterocycles. The van der Waals surface area contributed by atoms with E-state index in [9.17, 15) is 4.79 Å². The number of hydrogen-bond donors (Lipinski definition) is 6. The van der Waals surface area contributed by atoms with Gasteiger partial charge in [-0.15, -0.1) is 0 Å². The van der Waals surface area contributed by atoms with Crippen LogP contribution in [0.15, 0.2) is 0 Å². The molecule has 0 aliphatic carbocycles. The monoisotopic (exact) mass is 292 g/mol. The van der Waals surface area contributed by atoms with Crippen LogP contribution in [0, 0.1) is 0 Å². The second-order valence-corrected chi connectivity index (χ2v) is 4.43. The molecule has 1 amide bonds. The molecule has 0 radical (unpaired) electrons. The number of aliphatic hydroxyl groups is 2. The lowest BCUT2D eigenvalue weighted by Crippen LogP contribution is -2.41. The van der Waals surface area contributed by atoms with Crippen LogP contribution >= 0.6 is 12.2 Å². The first kappa shape index (κ1) is 18.0. The van der Waals surface area contributed by atoms with Crippen molar-refractivity contribution in [2.75, 3.05) is 32.8 Å². The molecular formula is C11H24N4O3S. The molecule has 112 valence electrons. The van der Waals surface area contributed by atoms with Crippen molar-refractivity contribution >= 4 is 23.2 Å². The standard InChI is InChI=1S/C11H24N4O3S/c12-9(10(18)13-5-7-16)3-1-2-4-14-11(19)15-6-8-17/h9,16-17H,1-8,12H2,(H,13,18)(H2,14,15,19)/t9-/m0/s1. The summed E-state index contributed by atoms with van der Waals surface area (Å²) in [5.74, 6) is -0.234. The SMILES string of the molecule is N[C@@H](CCCCNC(=S)NCCO)C(=O)NCCO. The number of unbranched alkanes of at least 4 members (excludes halogenated alkanes) is 1. The Morgan fingerprint density at radius 1 is 1.05 bits per heavy atom. The lowest BCUT2D eigenvalue weighted by Gasteiger charge is -2.12. The predicted molar refractivity (Wildman–Crippen MR) is 77.6 cm³/mol. The fourth-order valence-corrected chi connectivity index (χ4v) is 1.57. The summed E-state index contributed by atoms with van der Waals surface area (Å²) in [7, 11) is 0. The third-order valence-electron chi connectivity index (χ3n) is 2.37. The Kier molecular flexibility index (Phi) is 11.5. The van der Waals surface area contributed by atoms with Crippen LogP contribution in [0.2, 0.25) is 0 Å². The van der Waals surface area contributed by atoms with Crippen LogP contribution < -0.4 is 21.7 Å². The van der Waals surface area contributed by atoms with Crippen molar-refractivity contribution in [2.45, 2.75) is 25.3 Å². The van der Waals surface area contributed by atoms with E-state index in [1.54, 1.807) is 0 Å². The van der Waals surface area contributed by atoms with Crippen molar-refractivity contribution in [3.8, 4) is 0 Å². The summed E-state index contributed by atoms with van der Waals surface area (Å²) in [6.45, 7) is 1.32. The molecule has 7 N–H and O–H groups in total. The third kappa shape index (κ3) is 10.6. The van der Waals surface area contributed by atoms with E-state index in [1.165, 1.54) is 0 Å². The smallest absolute Gasteiger partial charge is 0.236 e. The van der Waals surface area contributed by atoms with Crippen LogP contribution in [-0.2, 0) is 4.79 Å². The molecule has 0 heterocycles. The summed E-state index contributed by atoms with van der Waals surface area (Å²) >= 11 is 4.96. The molecule has 0 fully saturated rings. The van der Waals surface area contributed by atoms with Gasteiger partial charge in [0.05, 0.1) is 19.3 Å². The van der Waals surface area contributed by atoms with Crippen LogP contribution in [-0.4, -0.2) is 60.1 Å². The van der Waals surface area contributed by atoms with Crippen molar-refractivity contribution in [3.63, 3.8) is 0 Å². The molecule has 0 rings (SSSR count). The Morgan fingerprint density at radius 2 is 1.63 bits per heavy atom. The molecular weight excluding hydrogens is 268 g/mol. The molecule has 0 aliphatic rings. The first-order chi connectivity index (χ1) is 9.11. The molecule has 1 atom stereocenters. The molecule has 0 saturated heterocycles. The zero-order valence-corrected chi connectivity index (χ0v) is 11.8. The second kappa shape index (κ2) is 12.1. The number of amides is 1. The number of thiocarbonyl (C=S) groups is 1. The maximum atomic E-state index is 11.4. The molecule has 0 bridgehead atoms. The normalized spacial score (nSPS) is 11.7. The van der Waals surface area contributed by atoms with Gasteiger partial charge in [0.15, 0.2) is 5.11 Å². The average Bonchev–Trinajstić information content (AvgIpc) is 2.41. The highest BCUT2D eigenvalue weighted by molar-refractivity contribution is 7.80. The summed E-state index contributed by atoms with van der Waals surface area (Å²) in [6.07, 6.45) is 2.25. The Bertz CT molecular complexity index is 266. The number of aliphatic hydroxyl groups excluding tert-OH is 2. The highest BCUT2D eigenvalue weighted by Gasteiger charge is 2.11. The largest absolute Gasteiger partial charge is 0.395 e. The number of carbonyl (C=O) groups excluding carboxylic acids is 1. The Balaban J connectivity index is 3.47. The van der Waals surface area contributed by atoms with Gasteiger partial charge in [-0.2, -0.15) is 0 Å². The van der Waals surface area contributed by atoms with E-state index < -0.39 is 6.04 Å². The van der Waals surface area contributed by atoms with Crippen molar-refractivity contribution in [2.24, 2.45) is 5.73 Å². The Labute approximate surface area is 118 Å². The van der Waals surface area contributed by atoms with Gasteiger partial charge >= 0.3 is 0 Å². The first-order valence-electron chi connectivity index (χ1n) is 6.38. The van der Waals surface area contributed by atoms with Crippen LogP contribution in [0.1, 0.15) is 19.3 Å². The maximum absolute atomic E-state index is 11.4. The summed E-state index contributed by atoms with van der Waals surface area (Å²) in [5.41, 5.74) is 5.69. The number of nitrogens with one attached hydrogen (secondary N) is 3. The molecule has 7 nitrogen and oxygen atoms in total. The topological polar surface area (TPSA) is 120 Å². The van der Waals surface area contributed by atoms with Crippen LogP contribution in [0.3, 0.4) is 0 Å². The molecule has 0 saturated carbocycles. The molecule has 0 unspecified atom stereocenters. The minimum absolute atomic E-state index is 0.0413. The summed E-state index contributed by atoms with van der Waals surface area (Å²) in [6, 6.07) is -0.536. The van der Waals surface area contributed by atoms with Crippen molar-refractivity contribution in [3.05, 3.63) is 0 Å². The van der Waals surface area contributed by atoms with Gasteiger partial charge in [0.1, 0.15) is 0 Å². The molecule has 19 heavy (non-hydrogen) atoms. The van der Waals surface area contributed by atoms with Gasteiger partial charge in [-0.25, -0.2) is 0 Å². The van der Waals surface area contributed by atoms with Crippen molar-refractivity contribution < 1.29 is 15.0 Å². The lowest BCUT2D eigenvalue weighted by molar-refractivity contribution is -0.122. The average molecular weight is 292 g/mol. The first-order valence-corrected chi connectivity index (χ1v) is 6.79. The third-order valence-corrected chi connectivity index (χ3v) is 2.66. The summed E-state index contributed by atoms with van der Waals surface area (Å²) in [5, 5.41) is 26.0. The van der Waals surface area contributed by atoms with Crippen LogP contribution in [0.25, 0.3) is 0 Å². The lowest BCUT2D eigenvalue weighted by atomic mass is 10.1. The Morgan fingerprint density at radius 3 is 2.26 bits per heavy atom. The highest BCUT2D eigenvalue weighted by Crippen LogP contribution is 1.98. The van der Waals surface area contributed by atoms with Crippen molar-refractivity contribution in [1.29, 1.82) is 0 Å². The van der Waals surface area contributed by atoms with E-state index in [4.69, 9.17) is 28.2 Å². The maximum Gasteiger partial charge on any atom is 0.236 e. The number of rotatable bonds is 10. The number of carbonyl (C=O) groups is 1. The molecule has 0 spiro atoms. The predicted octanol–water partition coefficient (Wildman–Crippen LogP) is -1.95. The molecule has 0 aromatic rings. The van der Waals surface area contributed by atoms with Gasteiger partial charge in [0.25, 0.3) is 0 Å². The van der Waals surface area contributed by atoms with Gasteiger partial charge in [0, 0.05) is 19.6 Å². The van der Waals surface area contributed by atoms with Crippen molar-refractivity contribution in [1.82, 2.24) is 16.0 Å². The summed E-state index contributed by atoms with van der Waals surface area (Å²) < 4.78 is 0. The Hall–Kier alpha value is -0.960. The van der Waals surface area contributed by atoms with E-state index in [-0.39, 0.29) is 25.7 Å². The van der Waals surface area contributed by atoms with E-state index >= 15 is 0 Å². The van der Waals surface area contributed by atoms with E-state index in [0.29, 0.717) is 24.6 Å². The number of hydrogen-bond acceptors (Lipinski definition) is 5. The zero-order chi connectivity index (χ0) is 14.5. The van der Waals surface area contributed by atoms with Gasteiger partial charge in [-0.3, -0.25) is 4.79 Å². The second-order valence-electron chi connectivity index (χ2n) is 4.02. The molecule has 0 aliphatic heterocycles.